The van der Waals surface area contributed by atoms with E-state index in [1.165, 1.54) is 12.0 Å². The summed E-state index contributed by atoms with van der Waals surface area (Å²) < 4.78 is 10.2. The van der Waals surface area contributed by atoms with Crippen LogP contribution in [0.4, 0.5) is 4.79 Å². The zero-order chi connectivity index (χ0) is 17.7. The number of piperidine rings is 1. The van der Waals surface area contributed by atoms with Crippen LogP contribution in [0.25, 0.3) is 0 Å². The molecule has 0 radical (unpaired) electrons. The standard InChI is InChI=1S/C18H26N2O4/c1-18(2,3)24-17(22)20-10-5-6-15(9-13-20)19-11-7-14(8-12-19)16(21)23-4/h5-6,9-10,13-14H,7-8,11-12H2,1-4H3. The minimum atomic E-state index is -0.531. The molecule has 0 unspecified atom stereocenters. The van der Waals surface area contributed by atoms with Crippen molar-refractivity contribution in [2.75, 3.05) is 20.2 Å². The number of rotatable bonds is 2. The van der Waals surface area contributed by atoms with E-state index in [1.54, 1.807) is 12.4 Å². The lowest BCUT2D eigenvalue weighted by molar-refractivity contribution is -0.146. The van der Waals surface area contributed by atoms with E-state index in [-0.39, 0.29) is 11.9 Å². The Morgan fingerprint density at radius 1 is 1.17 bits per heavy atom. The van der Waals surface area contributed by atoms with Gasteiger partial charge in [0.15, 0.2) is 0 Å². The van der Waals surface area contributed by atoms with Gasteiger partial charge in [0, 0.05) is 31.2 Å². The zero-order valence-corrected chi connectivity index (χ0v) is 14.8. The molecule has 0 N–H and O–H groups in total. The molecule has 1 fully saturated rings. The molecule has 2 heterocycles. The van der Waals surface area contributed by atoms with Gasteiger partial charge in [-0.1, -0.05) is 0 Å². The van der Waals surface area contributed by atoms with Crippen LogP contribution in [0.3, 0.4) is 0 Å². The van der Waals surface area contributed by atoms with E-state index in [0.717, 1.165) is 31.6 Å². The van der Waals surface area contributed by atoms with Gasteiger partial charge in [0.1, 0.15) is 5.60 Å². The Labute approximate surface area is 143 Å². The number of likely N-dealkylation sites (tertiary alicyclic amines) is 1. The largest absolute Gasteiger partial charge is 0.469 e. The first-order chi connectivity index (χ1) is 11.3. The molecule has 6 heteroatoms. The number of allylic oxidation sites excluding steroid dienone is 3. The van der Waals surface area contributed by atoms with Crippen molar-refractivity contribution in [2.45, 2.75) is 39.2 Å². The number of hydrogen-bond acceptors (Lipinski definition) is 5. The molecular weight excluding hydrogens is 308 g/mol. The highest BCUT2D eigenvalue weighted by Crippen LogP contribution is 2.23. The van der Waals surface area contributed by atoms with Gasteiger partial charge in [0.2, 0.25) is 0 Å². The number of nitrogens with zero attached hydrogens (tertiary/aromatic N) is 2. The minimum absolute atomic E-state index is 0.0181. The summed E-state index contributed by atoms with van der Waals surface area (Å²) in [6, 6.07) is 0. The second-order valence-electron chi connectivity index (χ2n) is 6.92. The minimum Gasteiger partial charge on any atom is -0.469 e. The van der Waals surface area contributed by atoms with Crippen LogP contribution in [0, 0.1) is 5.92 Å². The molecule has 1 saturated heterocycles. The number of esters is 1. The lowest BCUT2D eigenvalue weighted by atomic mass is 9.96. The molecular formula is C18H26N2O4. The van der Waals surface area contributed by atoms with Gasteiger partial charge in [0.05, 0.1) is 13.0 Å². The first-order valence-corrected chi connectivity index (χ1v) is 8.21. The van der Waals surface area contributed by atoms with Gasteiger partial charge in [-0.2, -0.15) is 0 Å². The van der Waals surface area contributed by atoms with Crippen molar-refractivity contribution < 1.29 is 19.1 Å². The van der Waals surface area contributed by atoms with Crippen LogP contribution in [0.2, 0.25) is 0 Å². The summed E-state index contributed by atoms with van der Waals surface area (Å²) in [6.07, 6.45) is 10.2. The Balaban J connectivity index is 1.94. The fraction of sp³-hybridized carbons (Fsp3) is 0.556. The smallest absolute Gasteiger partial charge is 0.418 e. The normalized spacial score (nSPS) is 18.9. The third kappa shape index (κ3) is 4.88. The third-order valence-corrected chi connectivity index (χ3v) is 3.92. The van der Waals surface area contributed by atoms with E-state index in [4.69, 9.17) is 9.47 Å². The number of hydrogen-bond donors (Lipinski definition) is 0. The highest BCUT2D eigenvalue weighted by Gasteiger charge is 2.26. The number of carbonyl (C=O) groups is 2. The average molecular weight is 334 g/mol. The Morgan fingerprint density at radius 3 is 2.42 bits per heavy atom. The molecule has 0 saturated carbocycles. The Kier molecular flexibility index (Phi) is 5.70. The first-order valence-electron chi connectivity index (χ1n) is 8.21. The van der Waals surface area contributed by atoms with Crippen LogP contribution in [0.1, 0.15) is 33.6 Å². The molecule has 0 aliphatic carbocycles. The average Bonchev–Trinajstić information content (AvgIpc) is 2.79. The van der Waals surface area contributed by atoms with Crippen LogP contribution in [0.15, 0.2) is 36.3 Å². The second kappa shape index (κ2) is 7.55. The van der Waals surface area contributed by atoms with Crippen LogP contribution >= 0.6 is 0 Å². The summed E-state index contributed by atoms with van der Waals surface area (Å²) in [7, 11) is 1.43. The highest BCUT2D eigenvalue weighted by molar-refractivity contribution is 5.72. The predicted octanol–water partition coefficient (Wildman–Crippen LogP) is 3.03. The van der Waals surface area contributed by atoms with Crippen molar-refractivity contribution >= 4 is 12.1 Å². The zero-order valence-electron chi connectivity index (χ0n) is 14.8. The van der Waals surface area contributed by atoms with Crippen molar-refractivity contribution in [2.24, 2.45) is 5.92 Å². The monoisotopic (exact) mass is 334 g/mol. The van der Waals surface area contributed by atoms with Gasteiger partial charge in [0.25, 0.3) is 0 Å². The van der Waals surface area contributed by atoms with E-state index in [1.807, 2.05) is 39.0 Å². The molecule has 0 aromatic heterocycles. The molecule has 1 amide bonds. The second-order valence-corrected chi connectivity index (χ2v) is 6.92. The topological polar surface area (TPSA) is 59.1 Å². The predicted molar refractivity (Wildman–Crippen MR) is 90.7 cm³/mol. The SMILES string of the molecule is COC(=O)C1CCN(C2=CC=CN(C(=O)OC(C)(C)C)C=C2)CC1. The molecule has 6 nitrogen and oxygen atoms in total. The van der Waals surface area contributed by atoms with E-state index in [2.05, 4.69) is 4.90 Å². The fourth-order valence-electron chi connectivity index (χ4n) is 2.68. The highest BCUT2D eigenvalue weighted by atomic mass is 16.6. The summed E-state index contributed by atoms with van der Waals surface area (Å²) in [5.41, 5.74) is 0.484. The maximum atomic E-state index is 12.1. The molecule has 24 heavy (non-hydrogen) atoms. The van der Waals surface area contributed by atoms with Crippen LogP contribution in [-0.2, 0) is 14.3 Å². The van der Waals surface area contributed by atoms with Crippen molar-refractivity contribution in [1.29, 1.82) is 0 Å². The Hall–Kier alpha value is -2.24. The van der Waals surface area contributed by atoms with E-state index in [9.17, 15) is 9.59 Å². The Bertz CT molecular complexity index is 564. The van der Waals surface area contributed by atoms with Crippen LogP contribution < -0.4 is 0 Å². The van der Waals surface area contributed by atoms with Gasteiger partial charge in [-0.3, -0.25) is 9.69 Å². The van der Waals surface area contributed by atoms with Gasteiger partial charge < -0.3 is 14.4 Å². The summed E-state index contributed by atoms with van der Waals surface area (Å²) in [4.78, 5) is 27.3. The summed E-state index contributed by atoms with van der Waals surface area (Å²) >= 11 is 0. The number of amides is 1. The lowest BCUT2D eigenvalue weighted by Gasteiger charge is -2.33. The number of ether oxygens (including phenoxy) is 2. The number of methoxy groups -OCH3 is 1. The first kappa shape index (κ1) is 18.1. The Morgan fingerprint density at radius 2 is 1.83 bits per heavy atom. The molecule has 2 rings (SSSR count). The van der Waals surface area contributed by atoms with Crippen molar-refractivity contribution in [3.8, 4) is 0 Å². The number of carbonyl (C=O) groups excluding carboxylic acids is 2. The summed E-state index contributed by atoms with van der Waals surface area (Å²) in [5.74, 6) is -0.147. The molecule has 0 aromatic rings. The van der Waals surface area contributed by atoms with Crippen molar-refractivity contribution in [3.05, 3.63) is 36.3 Å². The van der Waals surface area contributed by atoms with Crippen molar-refractivity contribution in [1.82, 2.24) is 9.80 Å². The fourth-order valence-corrected chi connectivity index (χ4v) is 2.68. The molecule has 132 valence electrons. The molecule has 0 spiro atoms. The van der Waals surface area contributed by atoms with E-state index >= 15 is 0 Å². The summed E-state index contributed by atoms with van der Waals surface area (Å²) in [6.45, 7) is 7.09. The van der Waals surface area contributed by atoms with Gasteiger partial charge in [-0.05, 0) is 51.8 Å². The lowest BCUT2D eigenvalue weighted by Crippen LogP contribution is -2.35. The molecule has 0 aromatic carbocycles. The molecule has 0 bridgehead atoms. The van der Waals surface area contributed by atoms with Gasteiger partial charge in [-0.25, -0.2) is 4.79 Å². The van der Waals surface area contributed by atoms with E-state index < -0.39 is 11.7 Å². The molecule has 0 atom stereocenters. The maximum absolute atomic E-state index is 12.1. The summed E-state index contributed by atoms with van der Waals surface area (Å²) in [5, 5.41) is 0. The van der Waals surface area contributed by atoms with E-state index in [0.29, 0.717) is 0 Å². The quantitative estimate of drug-likeness (QED) is 0.727. The molecule has 2 aliphatic rings. The maximum Gasteiger partial charge on any atom is 0.418 e. The third-order valence-electron chi connectivity index (χ3n) is 3.92. The van der Waals surface area contributed by atoms with Gasteiger partial charge >= 0.3 is 12.1 Å². The molecule has 2 aliphatic heterocycles. The van der Waals surface area contributed by atoms with Gasteiger partial charge in [-0.15, -0.1) is 0 Å². The van der Waals surface area contributed by atoms with Crippen LogP contribution in [-0.4, -0.2) is 47.7 Å². The van der Waals surface area contributed by atoms with Crippen LogP contribution in [0.5, 0.6) is 0 Å². The van der Waals surface area contributed by atoms with Crippen molar-refractivity contribution in [3.63, 3.8) is 0 Å².